The molecule has 1 saturated carbocycles. The van der Waals surface area contributed by atoms with Gasteiger partial charge in [0.2, 0.25) is 0 Å². The van der Waals surface area contributed by atoms with Gasteiger partial charge in [0.25, 0.3) is 11.9 Å². The molecule has 1 amide bonds. The maximum absolute atomic E-state index is 12.9. The highest BCUT2D eigenvalue weighted by Gasteiger charge is 2.33. The van der Waals surface area contributed by atoms with E-state index in [1.54, 1.807) is 22.2 Å². The Hall–Kier alpha value is -2.58. The highest BCUT2D eigenvalue weighted by molar-refractivity contribution is 7.13. The van der Waals surface area contributed by atoms with Crippen molar-refractivity contribution in [2.24, 2.45) is 0 Å². The fraction of sp³-hybridized carbons (Fsp3) is 0.455. The minimum Gasteiger partial charge on any atom is -0.351 e. The zero-order valence-corrected chi connectivity index (χ0v) is 18.0. The zero-order valence-electron chi connectivity index (χ0n) is 17.2. The summed E-state index contributed by atoms with van der Waals surface area (Å²) in [7, 11) is 0. The summed E-state index contributed by atoms with van der Waals surface area (Å²) in [6, 6.07) is 4.09. The van der Waals surface area contributed by atoms with Gasteiger partial charge in [-0.15, -0.1) is 11.3 Å². The van der Waals surface area contributed by atoms with Gasteiger partial charge in [-0.1, -0.05) is 6.07 Å². The number of carbonyl (C=O) groups is 1. The van der Waals surface area contributed by atoms with Crippen LogP contribution < -0.4 is 5.32 Å². The number of carbonyl (C=O) groups excluding carboxylic acids is 1. The molecule has 4 heterocycles. The summed E-state index contributed by atoms with van der Waals surface area (Å²) >= 11 is 1.66. The molecule has 0 unspecified atom stereocenters. The van der Waals surface area contributed by atoms with Crippen molar-refractivity contribution >= 4 is 17.2 Å². The Morgan fingerprint density at radius 2 is 2.10 bits per heavy atom. The summed E-state index contributed by atoms with van der Waals surface area (Å²) in [6.07, 6.45) is 8.18. The molecule has 1 aliphatic heterocycles. The maximum atomic E-state index is 12.9. The molecular formula is C22H26N6OS. The molecule has 0 radical (unpaired) electrons. The fourth-order valence-electron chi connectivity index (χ4n) is 4.07. The molecule has 0 bridgehead atoms. The van der Waals surface area contributed by atoms with Gasteiger partial charge in [-0.05, 0) is 62.7 Å². The molecule has 0 spiro atoms. The van der Waals surface area contributed by atoms with Crippen molar-refractivity contribution in [3.8, 4) is 16.5 Å². The number of nitrogens with zero attached hydrogens (tertiary/aromatic N) is 5. The highest BCUT2D eigenvalue weighted by atomic mass is 32.1. The third-order valence-corrected chi connectivity index (χ3v) is 6.71. The van der Waals surface area contributed by atoms with E-state index in [0.29, 0.717) is 24.0 Å². The van der Waals surface area contributed by atoms with Crippen LogP contribution in [0.5, 0.6) is 0 Å². The lowest BCUT2D eigenvalue weighted by Crippen LogP contribution is -2.33. The lowest BCUT2D eigenvalue weighted by Gasteiger charge is -2.15. The summed E-state index contributed by atoms with van der Waals surface area (Å²) in [6.45, 7) is 5.86. The number of likely N-dealkylation sites (tertiary alicyclic amines) is 1. The predicted octanol–water partition coefficient (Wildman–Crippen LogP) is 3.40. The number of rotatable bonds is 7. The van der Waals surface area contributed by atoms with Crippen molar-refractivity contribution in [2.45, 2.75) is 38.5 Å². The molecule has 1 N–H and O–H groups in total. The van der Waals surface area contributed by atoms with Gasteiger partial charge >= 0.3 is 0 Å². The first-order valence-electron chi connectivity index (χ1n) is 10.7. The van der Waals surface area contributed by atoms with Crippen LogP contribution in [0.2, 0.25) is 0 Å². The second-order valence-electron chi connectivity index (χ2n) is 8.11. The molecule has 0 aromatic carbocycles. The van der Waals surface area contributed by atoms with E-state index < -0.39 is 0 Å². The van der Waals surface area contributed by atoms with Crippen LogP contribution in [0.1, 0.15) is 53.2 Å². The minimum absolute atomic E-state index is 0.0482. The van der Waals surface area contributed by atoms with Gasteiger partial charge in [-0.25, -0.2) is 14.6 Å². The van der Waals surface area contributed by atoms with E-state index in [4.69, 9.17) is 4.98 Å². The SMILES string of the molecule is Cc1cnc(-n2ncc(C(=O)NCCN3CCCC3)c2C2CC2)nc1-c1cccs1. The summed E-state index contributed by atoms with van der Waals surface area (Å²) < 4.78 is 1.77. The molecule has 30 heavy (non-hydrogen) atoms. The van der Waals surface area contributed by atoms with Crippen LogP contribution in [0.15, 0.2) is 29.9 Å². The highest BCUT2D eigenvalue weighted by Crippen LogP contribution is 2.42. The fourth-order valence-corrected chi connectivity index (χ4v) is 4.85. The quantitative estimate of drug-likeness (QED) is 0.632. The Kier molecular flexibility index (Phi) is 5.35. The van der Waals surface area contributed by atoms with E-state index in [-0.39, 0.29) is 5.91 Å². The number of aryl methyl sites for hydroxylation is 1. The molecule has 2 fully saturated rings. The standard InChI is InChI=1S/C22H26N6OS/c1-15-13-24-22(26-19(15)18-5-4-12-30-18)28-20(16-6-7-16)17(14-25-28)21(29)23-8-11-27-9-2-3-10-27/h4-5,12-14,16H,2-3,6-11H2,1H3,(H,23,29). The molecule has 2 aliphatic rings. The van der Waals surface area contributed by atoms with Crippen molar-refractivity contribution < 1.29 is 4.79 Å². The second-order valence-corrected chi connectivity index (χ2v) is 9.06. The van der Waals surface area contributed by atoms with Gasteiger partial charge in [0.1, 0.15) is 0 Å². The van der Waals surface area contributed by atoms with Crippen LogP contribution in [0, 0.1) is 6.92 Å². The van der Waals surface area contributed by atoms with Crippen molar-refractivity contribution in [1.29, 1.82) is 0 Å². The summed E-state index contributed by atoms with van der Waals surface area (Å²) in [5.41, 5.74) is 3.54. The van der Waals surface area contributed by atoms with E-state index in [0.717, 1.165) is 54.3 Å². The largest absolute Gasteiger partial charge is 0.351 e. The number of hydrogen-bond acceptors (Lipinski definition) is 6. The molecule has 7 nitrogen and oxygen atoms in total. The van der Waals surface area contributed by atoms with Gasteiger partial charge in [0, 0.05) is 25.2 Å². The molecule has 3 aromatic heterocycles. The first-order chi connectivity index (χ1) is 14.7. The molecular weight excluding hydrogens is 396 g/mol. The van der Waals surface area contributed by atoms with Crippen LogP contribution in [0.4, 0.5) is 0 Å². The Balaban J connectivity index is 1.39. The Bertz CT molecular complexity index is 1030. The van der Waals surface area contributed by atoms with Gasteiger partial charge in [-0.2, -0.15) is 5.10 Å². The van der Waals surface area contributed by atoms with Gasteiger partial charge in [-0.3, -0.25) is 4.79 Å². The third-order valence-electron chi connectivity index (χ3n) is 5.83. The topological polar surface area (TPSA) is 75.9 Å². The lowest BCUT2D eigenvalue weighted by molar-refractivity contribution is 0.0948. The van der Waals surface area contributed by atoms with Crippen LogP contribution in [0.25, 0.3) is 16.5 Å². The monoisotopic (exact) mass is 422 g/mol. The Morgan fingerprint density at radius 3 is 2.83 bits per heavy atom. The van der Waals surface area contributed by atoms with Crippen LogP contribution in [-0.2, 0) is 0 Å². The first-order valence-corrected chi connectivity index (χ1v) is 11.5. The van der Waals surface area contributed by atoms with Crippen LogP contribution in [-0.4, -0.2) is 56.7 Å². The molecule has 0 atom stereocenters. The minimum atomic E-state index is -0.0482. The summed E-state index contributed by atoms with van der Waals surface area (Å²) in [4.78, 5) is 25.7. The van der Waals surface area contributed by atoms with E-state index in [9.17, 15) is 4.79 Å². The van der Waals surface area contributed by atoms with E-state index in [1.807, 2.05) is 24.6 Å². The Morgan fingerprint density at radius 1 is 1.27 bits per heavy atom. The van der Waals surface area contributed by atoms with E-state index in [1.165, 1.54) is 12.8 Å². The molecule has 5 rings (SSSR count). The van der Waals surface area contributed by atoms with Gasteiger partial charge in [0.15, 0.2) is 0 Å². The smallest absolute Gasteiger partial charge is 0.254 e. The molecule has 8 heteroatoms. The Labute approximate surface area is 180 Å². The normalized spacial score (nSPS) is 16.8. The average molecular weight is 423 g/mol. The van der Waals surface area contributed by atoms with Crippen molar-refractivity contribution in [2.75, 3.05) is 26.2 Å². The number of amides is 1. The first kappa shape index (κ1) is 19.4. The van der Waals surface area contributed by atoms with E-state index >= 15 is 0 Å². The second kappa shape index (κ2) is 8.28. The number of aromatic nitrogens is 4. The number of hydrogen-bond donors (Lipinski definition) is 1. The van der Waals surface area contributed by atoms with E-state index in [2.05, 4.69) is 26.4 Å². The lowest BCUT2D eigenvalue weighted by atomic mass is 10.1. The van der Waals surface area contributed by atoms with Crippen molar-refractivity contribution in [1.82, 2.24) is 30.0 Å². The number of nitrogens with one attached hydrogen (secondary N) is 1. The summed E-state index contributed by atoms with van der Waals surface area (Å²) in [5, 5.41) is 9.66. The van der Waals surface area contributed by atoms with Crippen molar-refractivity contribution in [3.05, 3.63) is 46.7 Å². The predicted molar refractivity (Wildman–Crippen MR) is 117 cm³/mol. The van der Waals surface area contributed by atoms with Crippen LogP contribution in [0.3, 0.4) is 0 Å². The number of thiophene rings is 1. The summed E-state index contributed by atoms with van der Waals surface area (Å²) in [5.74, 6) is 0.830. The zero-order chi connectivity index (χ0) is 20.5. The van der Waals surface area contributed by atoms with Crippen LogP contribution >= 0.6 is 11.3 Å². The molecule has 1 aliphatic carbocycles. The van der Waals surface area contributed by atoms with Gasteiger partial charge < -0.3 is 10.2 Å². The van der Waals surface area contributed by atoms with Gasteiger partial charge in [0.05, 0.1) is 28.0 Å². The molecule has 3 aromatic rings. The van der Waals surface area contributed by atoms with Crippen molar-refractivity contribution in [3.63, 3.8) is 0 Å². The average Bonchev–Trinajstić information content (AvgIpc) is 3.19. The molecule has 156 valence electrons. The molecule has 1 saturated heterocycles. The maximum Gasteiger partial charge on any atom is 0.254 e. The third kappa shape index (κ3) is 3.89.